The van der Waals surface area contributed by atoms with Gasteiger partial charge >= 0.3 is 6.18 Å². The second kappa shape index (κ2) is 7.41. The van der Waals surface area contributed by atoms with E-state index in [1.807, 2.05) is 0 Å². The van der Waals surface area contributed by atoms with Gasteiger partial charge < -0.3 is 0 Å². The molecule has 9 heteroatoms. The molecule has 0 saturated heterocycles. The lowest BCUT2D eigenvalue weighted by atomic mass is 10.1. The number of halogens is 4. The fourth-order valence-electron chi connectivity index (χ4n) is 2.76. The van der Waals surface area contributed by atoms with Gasteiger partial charge in [0.1, 0.15) is 18.1 Å². The van der Waals surface area contributed by atoms with Gasteiger partial charge in [0.05, 0.1) is 17.3 Å². The third kappa shape index (κ3) is 4.36. The molecule has 1 heterocycles. The molecule has 146 valence electrons. The minimum absolute atomic E-state index is 0.0907. The van der Waals surface area contributed by atoms with Crippen LogP contribution in [0.25, 0.3) is 10.9 Å². The fourth-order valence-corrected chi connectivity index (χ4v) is 2.76. The number of fused-ring (bicyclic) bond motifs is 1. The van der Waals surface area contributed by atoms with Gasteiger partial charge in [-0.3, -0.25) is 15.0 Å². The zero-order chi connectivity index (χ0) is 20.5. The van der Waals surface area contributed by atoms with Gasteiger partial charge in [-0.05, 0) is 36.2 Å². The predicted octanol–water partition coefficient (Wildman–Crippen LogP) is 3.26. The van der Waals surface area contributed by atoms with Crippen LogP contribution in [0.3, 0.4) is 0 Å². The Morgan fingerprint density at radius 2 is 1.82 bits per heavy atom. The predicted molar refractivity (Wildman–Crippen MR) is 95.0 cm³/mol. The Morgan fingerprint density at radius 1 is 1.14 bits per heavy atom. The van der Waals surface area contributed by atoms with Crippen LogP contribution < -0.4 is 11.0 Å². The summed E-state index contributed by atoms with van der Waals surface area (Å²) in [6, 6.07) is 9.69. The van der Waals surface area contributed by atoms with Crippen LogP contribution in [-0.4, -0.2) is 21.7 Å². The average Bonchev–Trinajstić information content (AvgIpc) is 2.60. The number of para-hydroxylation sites is 1. The Balaban J connectivity index is 2.01. The van der Waals surface area contributed by atoms with E-state index in [1.54, 1.807) is 19.1 Å². The standard InChI is InChI=1S/C19H15F4N3O2/c1-11-3-2-4-14-17(11)24-15(10-19(21,22)23)26(18(14)28)25-16(27)9-12-5-7-13(20)8-6-12/h2-8H,9-10H2,1H3,(H,25,27). The summed E-state index contributed by atoms with van der Waals surface area (Å²) >= 11 is 0. The largest absolute Gasteiger partial charge is 0.396 e. The Labute approximate surface area is 156 Å². The van der Waals surface area contributed by atoms with Gasteiger partial charge in [-0.1, -0.05) is 24.3 Å². The maximum absolute atomic E-state index is 13.0. The molecule has 28 heavy (non-hydrogen) atoms. The van der Waals surface area contributed by atoms with Crippen molar-refractivity contribution in [1.82, 2.24) is 9.66 Å². The first kappa shape index (κ1) is 19.5. The van der Waals surface area contributed by atoms with Crippen LogP contribution in [0.15, 0.2) is 47.3 Å². The van der Waals surface area contributed by atoms with Crippen molar-refractivity contribution in [2.24, 2.45) is 0 Å². The highest BCUT2D eigenvalue weighted by molar-refractivity contribution is 5.87. The van der Waals surface area contributed by atoms with Crippen molar-refractivity contribution in [3.63, 3.8) is 0 Å². The van der Waals surface area contributed by atoms with Crippen molar-refractivity contribution in [2.75, 3.05) is 5.43 Å². The summed E-state index contributed by atoms with van der Waals surface area (Å²) in [7, 11) is 0. The van der Waals surface area contributed by atoms with E-state index in [1.165, 1.54) is 18.2 Å². The molecule has 2 aromatic carbocycles. The Morgan fingerprint density at radius 3 is 2.46 bits per heavy atom. The van der Waals surface area contributed by atoms with Crippen molar-refractivity contribution in [3.05, 3.63) is 75.6 Å². The third-order valence-electron chi connectivity index (χ3n) is 4.04. The number of amides is 1. The second-order valence-corrected chi connectivity index (χ2v) is 6.27. The fraction of sp³-hybridized carbons (Fsp3) is 0.211. The molecule has 0 aliphatic carbocycles. The number of rotatable bonds is 4. The third-order valence-corrected chi connectivity index (χ3v) is 4.04. The minimum atomic E-state index is -4.63. The molecule has 5 nitrogen and oxygen atoms in total. The highest BCUT2D eigenvalue weighted by Gasteiger charge is 2.31. The number of benzene rings is 2. The zero-order valence-electron chi connectivity index (χ0n) is 14.7. The first-order valence-electron chi connectivity index (χ1n) is 8.26. The average molecular weight is 393 g/mol. The van der Waals surface area contributed by atoms with Crippen molar-refractivity contribution in [2.45, 2.75) is 25.9 Å². The number of nitrogens with one attached hydrogen (secondary N) is 1. The maximum atomic E-state index is 13.0. The van der Waals surface area contributed by atoms with Gasteiger partial charge in [0, 0.05) is 0 Å². The number of aromatic nitrogens is 2. The van der Waals surface area contributed by atoms with Crippen LogP contribution in [0.4, 0.5) is 17.6 Å². The molecule has 0 saturated carbocycles. The summed E-state index contributed by atoms with van der Waals surface area (Å²) in [5.74, 6) is -1.83. The number of aryl methyl sites for hydroxylation is 1. The van der Waals surface area contributed by atoms with Crippen molar-refractivity contribution < 1.29 is 22.4 Å². The summed E-state index contributed by atoms with van der Waals surface area (Å²) in [5.41, 5.74) is 2.51. The number of hydrogen-bond donors (Lipinski definition) is 1. The SMILES string of the molecule is Cc1cccc2c(=O)n(NC(=O)Cc3ccc(F)cc3)c(CC(F)(F)F)nc12. The van der Waals surface area contributed by atoms with Gasteiger partial charge in [-0.15, -0.1) is 0 Å². The van der Waals surface area contributed by atoms with Gasteiger partial charge in [0.2, 0.25) is 5.91 Å². The molecule has 0 atom stereocenters. The van der Waals surface area contributed by atoms with E-state index >= 15 is 0 Å². The summed E-state index contributed by atoms with van der Waals surface area (Å²) in [6.07, 6.45) is -6.35. The van der Waals surface area contributed by atoms with E-state index in [0.29, 0.717) is 15.8 Å². The zero-order valence-corrected chi connectivity index (χ0v) is 14.7. The summed E-state index contributed by atoms with van der Waals surface area (Å²) in [4.78, 5) is 28.9. The first-order valence-corrected chi connectivity index (χ1v) is 8.26. The topological polar surface area (TPSA) is 64.0 Å². The van der Waals surface area contributed by atoms with E-state index in [2.05, 4.69) is 10.4 Å². The lowest BCUT2D eigenvalue weighted by Crippen LogP contribution is -2.38. The Kier molecular flexibility index (Phi) is 5.17. The van der Waals surface area contributed by atoms with E-state index in [9.17, 15) is 27.2 Å². The van der Waals surface area contributed by atoms with Crippen LogP contribution in [-0.2, 0) is 17.6 Å². The Hall–Kier alpha value is -3.23. The highest BCUT2D eigenvalue weighted by atomic mass is 19.4. The Bertz CT molecular complexity index is 1090. The lowest BCUT2D eigenvalue weighted by Gasteiger charge is -2.16. The van der Waals surface area contributed by atoms with Gasteiger partial charge in [-0.2, -0.15) is 13.2 Å². The number of nitrogens with zero attached hydrogens (tertiary/aromatic N) is 2. The van der Waals surface area contributed by atoms with Crippen LogP contribution in [0.2, 0.25) is 0 Å². The van der Waals surface area contributed by atoms with Gasteiger partial charge in [0.15, 0.2) is 0 Å². The molecule has 1 amide bonds. The molecule has 3 rings (SSSR count). The summed E-state index contributed by atoms with van der Waals surface area (Å²) in [6.45, 7) is 1.63. The number of hydrogen-bond acceptors (Lipinski definition) is 3. The van der Waals surface area contributed by atoms with Crippen molar-refractivity contribution >= 4 is 16.8 Å². The lowest BCUT2D eigenvalue weighted by molar-refractivity contribution is -0.129. The van der Waals surface area contributed by atoms with Crippen LogP contribution >= 0.6 is 0 Å². The molecule has 1 N–H and O–H groups in total. The molecule has 3 aromatic rings. The molecular formula is C19H15F4N3O2. The number of carbonyl (C=O) groups is 1. The second-order valence-electron chi connectivity index (χ2n) is 6.27. The first-order chi connectivity index (χ1) is 13.1. The summed E-state index contributed by atoms with van der Waals surface area (Å²) in [5, 5.41) is 0.0907. The molecule has 0 spiro atoms. The van der Waals surface area contributed by atoms with E-state index in [4.69, 9.17) is 0 Å². The molecule has 0 aliphatic rings. The van der Waals surface area contributed by atoms with Crippen molar-refractivity contribution in [3.8, 4) is 0 Å². The van der Waals surface area contributed by atoms with Gasteiger partial charge in [0.25, 0.3) is 5.56 Å². The maximum Gasteiger partial charge on any atom is 0.396 e. The molecule has 1 aromatic heterocycles. The molecule has 0 bridgehead atoms. The quantitative estimate of drug-likeness (QED) is 0.692. The minimum Gasteiger partial charge on any atom is -0.273 e. The smallest absolute Gasteiger partial charge is 0.273 e. The van der Waals surface area contributed by atoms with E-state index in [-0.39, 0.29) is 17.3 Å². The highest BCUT2D eigenvalue weighted by Crippen LogP contribution is 2.21. The van der Waals surface area contributed by atoms with Gasteiger partial charge in [-0.25, -0.2) is 14.1 Å². The van der Waals surface area contributed by atoms with E-state index < -0.39 is 35.7 Å². The number of alkyl halides is 3. The molecular weight excluding hydrogens is 378 g/mol. The van der Waals surface area contributed by atoms with E-state index in [0.717, 1.165) is 12.1 Å². The summed E-state index contributed by atoms with van der Waals surface area (Å²) < 4.78 is 52.4. The molecule has 0 unspecified atom stereocenters. The molecule has 0 fully saturated rings. The van der Waals surface area contributed by atoms with Crippen LogP contribution in [0.5, 0.6) is 0 Å². The normalized spacial score (nSPS) is 11.6. The molecule has 0 radical (unpaired) electrons. The molecule has 0 aliphatic heterocycles. The number of carbonyl (C=O) groups excluding carboxylic acids is 1. The monoisotopic (exact) mass is 393 g/mol. The van der Waals surface area contributed by atoms with Crippen LogP contribution in [0, 0.1) is 12.7 Å². The van der Waals surface area contributed by atoms with Crippen LogP contribution in [0.1, 0.15) is 17.0 Å². The van der Waals surface area contributed by atoms with Crippen molar-refractivity contribution in [1.29, 1.82) is 0 Å².